The van der Waals surface area contributed by atoms with Crippen molar-refractivity contribution in [1.82, 2.24) is 14.9 Å². The highest BCUT2D eigenvalue weighted by molar-refractivity contribution is 7.89. The lowest BCUT2D eigenvalue weighted by molar-refractivity contribution is -0.139. The van der Waals surface area contributed by atoms with E-state index in [1.54, 1.807) is 24.3 Å². The first-order valence-corrected chi connectivity index (χ1v) is 11.1. The molecule has 0 radical (unpaired) electrons. The summed E-state index contributed by atoms with van der Waals surface area (Å²) in [6.07, 6.45) is 2.83. The van der Waals surface area contributed by atoms with E-state index in [9.17, 15) is 18.0 Å². The normalized spacial score (nSPS) is 14.9. The van der Waals surface area contributed by atoms with Gasteiger partial charge in [0, 0.05) is 26.2 Å². The van der Waals surface area contributed by atoms with Gasteiger partial charge in [-0.05, 0) is 36.1 Å². The molecule has 29 heavy (non-hydrogen) atoms. The van der Waals surface area contributed by atoms with Crippen LogP contribution in [0.2, 0.25) is 0 Å². The molecule has 7 nitrogen and oxygen atoms in total. The van der Waals surface area contributed by atoms with Gasteiger partial charge in [0.05, 0.1) is 4.90 Å². The number of benzene rings is 2. The zero-order chi connectivity index (χ0) is 20.7. The third-order valence-corrected chi connectivity index (χ3v) is 6.74. The van der Waals surface area contributed by atoms with Crippen molar-refractivity contribution in [2.24, 2.45) is 0 Å². The Hall–Kier alpha value is -2.71. The van der Waals surface area contributed by atoms with Gasteiger partial charge >= 0.3 is 11.8 Å². The molecule has 0 aliphatic carbocycles. The van der Waals surface area contributed by atoms with Crippen molar-refractivity contribution in [3.63, 3.8) is 0 Å². The molecule has 0 bridgehead atoms. The van der Waals surface area contributed by atoms with Gasteiger partial charge < -0.3 is 10.6 Å². The van der Waals surface area contributed by atoms with Crippen LogP contribution >= 0.6 is 0 Å². The lowest BCUT2D eigenvalue weighted by Crippen LogP contribution is -2.39. The van der Waals surface area contributed by atoms with Crippen LogP contribution < -0.4 is 10.6 Å². The minimum Gasteiger partial charge on any atom is -0.344 e. The van der Waals surface area contributed by atoms with Crippen LogP contribution in [0.25, 0.3) is 0 Å². The minimum absolute atomic E-state index is 0.141. The quantitative estimate of drug-likeness (QED) is 0.703. The Labute approximate surface area is 171 Å². The topological polar surface area (TPSA) is 95.6 Å². The molecule has 0 aromatic heterocycles. The summed E-state index contributed by atoms with van der Waals surface area (Å²) in [5, 5.41) is 5.11. The van der Waals surface area contributed by atoms with Gasteiger partial charge in [-0.25, -0.2) is 8.42 Å². The highest BCUT2D eigenvalue weighted by atomic mass is 32.2. The van der Waals surface area contributed by atoms with Gasteiger partial charge in [-0.2, -0.15) is 4.31 Å². The number of nitrogens with one attached hydrogen (secondary N) is 2. The van der Waals surface area contributed by atoms with Crippen LogP contribution in [0.5, 0.6) is 0 Å². The van der Waals surface area contributed by atoms with Crippen LogP contribution in [0.1, 0.15) is 30.4 Å². The van der Waals surface area contributed by atoms with E-state index >= 15 is 0 Å². The maximum absolute atomic E-state index is 12.6. The van der Waals surface area contributed by atoms with E-state index in [1.807, 2.05) is 30.3 Å². The minimum atomic E-state index is -3.48. The predicted molar refractivity (Wildman–Crippen MR) is 109 cm³/mol. The average Bonchev–Trinajstić information content (AvgIpc) is 2.77. The van der Waals surface area contributed by atoms with Crippen molar-refractivity contribution < 1.29 is 18.0 Å². The number of rotatable bonds is 6. The van der Waals surface area contributed by atoms with Gasteiger partial charge in [0.2, 0.25) is 10.0 Å². The maximum Gasteiger partial charge on any atom is 0.309 e. The molecule has 1 saturated heterocycles. The fraction of sp³-hybridized carbons (Fsp3) is 0.333. The number of amides is 2. The van der Waals surface area contributed by atoms with E-state index < -0.39 is 21.8 Å². The van der Waals surface area contributed by atoms with E-state index in [-0.39, 0.29) is 18.0 Å². The molecular weight excluding hydrogens is 390 g/mol. The molecule has 1 aliphatic rings. The smallest absolute Gasteiger partial charge is 0.309 e. The van der Waals surface area contributed by atoms with E-state index in [0.29, 0.717) is 18.7 Å². The summed E-state index contributed by atoms with van der Waals surface area (Å²) in [4.78, 5) is 24.1. The molecule has 8 heteroatoms. The monoisotopic (exact) mass is 415 g/mol. The summed E-state index contributed by atoms with van der Waals surface area (Å²) >= 11 is 0. The van der Waals surface area contributed by atoms with Crippen LogP contribution in [0.3, 0.4) is 0 Å². The van der Waals surface area contributed by atoms with Crippen molar-refractivity contribution in [2.45, 2.75) is 37.2 Å². The van der Waals surface area contributed by atoms with Crippen molar-refractivity contribution in [1.29, 1.82) is 0 Å². The van der Waals surface area contributed by atoms with Crippen molar-refractivity contribution in [2.75, 3.05) is 13.1 Å². The standard InChI is InChI=1S/C21H25N3O4S/c25-20(22-15-17-7-3-1-4-8-17)21(26)23-16-18-9-11-19(12-10-18)29(27,28)24-13-5-2-6-14-24/h1,3-4,7-12H,2,5-6,13-16H2,(H,22,25)(H,23,26). The number of sulfonamides is 1. The zero-order valence-electron chi connectivity index (χ0n) is 16.1. The maximum atomic E-state index is 12.6. The van der Waals surface area contributed by atoms with Crippen LogP contribution in [0, 0.1) is 0 Å². The Morgan fingerprint density at radius 2 is 1.28 bits per heavy atom. The van der Waals surface area contributed by atoms with Gasteiger partial charge in [0.25, 0.3) is 0 Å². The van der Waals surface area contributed by atoms with Gasteiger partial charge in [0.15, 0.2) is 0 Å². The molecule has 0 spiro atoms. The summed E-state index contributed by atoms with van der Waals surface area (Å²) in [5.74, 6) is -1.44. The Bertz CT molecular complexity index is 938. The van der Waals surface area contributed by atoms with Gasteiger partial charge in [-0.1, -0.05) is 48.9 Å². The third kappa shape index (κ3) is 5.65. The summed E-state index contributed by atoms with van der Waals surface area (Å²) < 4.78 is 26.8. The number of hydrogen-bond donors (Lipinski definition) is 2. The van der Waals surface area contributed by atoms with E-state index in [2.05, 4.69) is 10.6 Å². The van der Waals surface area contributed by atoms with Crippen LogP contribution in [-0.2, 0) is 32.7 Å². The van der Waals surface area contributed by atoms with Crippen molar-refractivity contribution in [3.05, 3.63) is 65.7 Å². The molecule has 1 aliphatic heterocycles. The van der Waals surface area contributed by atoms with E-state index in [0.717, 1.165) is 24.8 Å². The average molecular weight is 416 g/mol. The molecule has 2 aromatic carbocycles. The molecule has 0 unspecified atom stereocenters. The lowest BCUT2D eigenvalue weighted by Gasteiger charge is -2.25. The molecule has 154 valence electrons. The first-order valence-electron chi connectivity index (χ1n) is 9.66. The SMILES string of the molecule is O=C(NCc1ccccc1)C(=O)NCc1ccc(S(=O)(=O)N2CCCCC2)cc1. The van der Waals surface area contributed by atoms with Crippen LogP contribution in [0.4, 0.5) is 0 Å². The molecule has 1 heterocycles. The first-order chi connectivity index (χ1) is 14.0. The van der Waals surface area contributed by atoms with Crippen LogP contribution in [0.15, 0.2) is 59.5 Å². The van der Waals surface area contributed by atoms with Crippen LogP contribution in [-0.4, -0.2) is 37.6 Å². The fourth-order valence-corrected chi connectivity index (χ4v) is 4.67. The first kappa shape index (κ1) is 21.0. The second-order valence-corrected chi connectivity index (χ2v) is 8.90. The molecule has 2 N–H and O–H groups in total. The number of piperidine rings is 1. The Morgan fingerprint density at radius 1 is 0.759 bits per heavy atom. The molecule has 1 fully saturated rings. The third-order valence-electron chi connectivity index (χ3n) is 4.83. The molecule has 0 saturated carbocycles. The molecule has 2 aromatic rings. The highest BCUT2D eigenvalue weighted by Gasteiger charge is 2.25. The molecular formula is C21H25N3O4S. The summed E-state index contributed by atoms with van der Waals surface area (Å²) in [5.41, 5.74) is 1.62. The highest BCUT2D eigenvalue weighted by Crippen LogP contribution is 2.20. The van der Waals surface area contributed by atoms with Gasteiger partial charge in [-0.3, -0.25) is 9.59 Å². The summed E-state index contributed by atoms with van der Waals surface area (Å²) in [6, 6.07) is 15.7. The summed E-state index contributed by atoms with van der Waals surface area (Å²) in [7, 11) is -3.48. The van der Waals surface area contributed by atoms with Gasteiger partial charge in [-0.15, -0.1) is 0 Å². The second-order valence-electron chi connectivity index (χ2n) is 6.96. The number of nitrogens with zero attached hydrogens (tertiary/aromatic N) is 1. The number of hydrogen-bond acceptors (Lipinski definition) is 4. The van der Waals surface area contributed by atoms with Crippen molar-refractivity contribution >= 4 is 21.8 Å². The molecule has 3 rings (SSSR count). The second kappa shape index (κ2) is 9.67. The van der Waals surface area contributed by atoms with E-state index in [4.69, 9.17) is 0 Å². The largest absolute Gasteiger partial charge is 0.344 e. The van der Waals surface area contributed by atoms with E-state index in [1.165, 1.54) is 4.31 Å². The predicted octanol–water partition coefficient (Wildman–Crippen LogP) is 1.79. The van der Waals surface area contributed by atoms with Gasteiger partial charge in [0.1, 0.15) is 0 Å². The van der Waals surface area contributed by atoms with Crippen molar-refractivity contribution in [3.8, 4) is 0 Å². The number of carbonyl (C=O) groups is 2. The lowest BCUT2D eigenvalue weighted by atomic mass is 10.2. The Kier molecular flexibility index (Phi) is 7.00. The Morgan fingerprint density at radius 3 is 1.83 bits per heavy atom. The number of carbonyl (C=O) groups excluding carboxylic acids is 2. The summed E-state index contributed by atoms with van der Waals surface area (Å²) in [6.45, 7) is 1.52. The zero-order valence-corrected chi connectivity index (χ0v) is 17.0. The fourth-order valence-electron chi connectivity index (χ4n) is 3.15. The Balaban J connectivity index is 1.50. The molecule has 0 atom stereocenters. The molecule has 2 amide bonds.